The second-order valence-electron chi connectivity index (χ2n) is 5.42. The molecule has 0 aromatic heterocycles. The summed E-state index contributed by atoms with van der Waals surface area (Å²) in [6.07, 6.45) is 0.536. The van der Waals surface area contributed by atoms with Crippen molar-refractivity contribution in [1.29, 1.82) is 0 Å². The SMILES string of the molecule is CC(C)CCOCCNCC(O)COc1ccc(Cl)cc1. The van der Waals surface area contributed by atoms with E-state index in [4.69, 9.17) is 21.1 Å². The van der Waals surface area contributed by atoms with E-state index in [-0.39, 0.29) is 6.61 Å². The van der Waals surface area contributed by atoms with Crippen LogP contribution < -0.4 is 10.1 Å². The van der Waals surface area contributed by atoms with E-state index in [0.717, 1.165) is 19.6 Å². The minimum atomic E-state index is -0.545. The maximum Gasteiger partial charge on any atom is 0.119 e. The molecule has 1 atom stereocenters. The molecule has 1 unspecified atom stereocenters. The van der Waals surface area contributed by atoms with E-state index in [1.807, 2.05) is 0 Å². The summed E-state index contributed by atoms with van der Waals surface area (Å²) in [5, 5.41) is 13.6. The van der Waals surface area contributed by atoms with Gasteiger partial charge >= 0.3 is 0 Å². The Kier molecular flexibility index (Phi) is 9.42. The Morgan fingerprint density at radius 2 is 1.90 bits per heavy atom. The molecule has 120 valence electrons. The third-order valence-corrected chi connectivity index (χ3v) is 3.15. The van der Waals surface area contributed by atoms with Gasteiger partial charge in [-0.15, -0.1) is 0 Å². The normalized spacial score (nSPS) is 12.6. The van der Waals surface area contributed by atoms with Crippen LogP contribution in [0.5, 0.6) is 5.75 Å². The van der Waals surface area contributed by atoms with Gasteiger partial charge in [0.15, 0.2) is 0 Å². The molecule has 0 aliphatic rings. The highest BCUT2D eigenvalue weighted by Gasteiger charge is 2.04. The molecule has 4 nitrogen and oxygen atoms in total. The summed E-state index contributed by atoms with van der Waals surface area (Å²) in [5.74, 6) is 1.38. The van der Waals surface area contributed by atoms with Crippen molar-refractivity contribution >= 4 is 11.6 Å². The van der Waals surface area contributed by atoms with Gasteiger partial charge in [0.05, 0.1) is 6.61 Å². The highest BCUT2D eigenvalue weighted by Crippen LogP contribution is 2.15. The van der Waals surface area contributed by atoms with Gasteiger partial charge in [0, 0.05) is 24.7 Å². The first-order chi connectivity index (χ1) is 10.1. The lowest BCUT2D eigenvalue weighted by Crippen LogP contribution is -2.33. The Labute approximate surface area is 132 Å². The molecular formula is C16H26ClNO3. The number of aliphatic hydroxyl groups excluding tert-OH is 1. The van der Waals surface area contributed by atoms with Gasteiger partial charge in [0.2, 0.25) is 0 Å². The third-order valence-electron chi connectivity index (χ3n) is 2.90. The van der Waals surface area contributed by atoms with Gasteiger partial charge in [0.25, 0.3) is 0 Å². The first-order valence-electron chi connectivity index (χ1n) is 7.43. The van der Waals surface area contributed by atoms with Crippen LogP contribution in [0, 0.1) is 5.92 Å². The molecule has 0 radical (unpaired) electrons. The number of nitrogens with one attached hydrogen (secondary N) is 1. The molecule has 0 bridgehead atoms. The van der Waals surface area contributed by atoms with E-state index in [1.54, 1.807) is 24.3 Å². The average Bonchev–Trinajstić information content (AvgIpc) is 2.45. The predicted octanol–water partition coefficient (Wildman–Crippen LogP) is 2.73. The lowest BCUT2D eigenvalue weighted by molar-refractivity contribution is 0.0967. The summed E-state index contributed by atoms with van der Waals surface area (Å²) < 4.78 is 10.9. The topological polar surface area (TPSA) is 50.7 Å². The van der Waals surface area contributed by atoms with E-state index in [1.165, 1.54) is 0 Å². The standard InChI is InChI=1S/C16H26ClNO3/c1-13(2)7-9-20-10-8-18-11-15(19)12-21-16-5-3-14(17)4-6-16/h3-6,13,15,18-19H,7-12H2,1-2H3. The minimum absolute atomic E-state index is 0.253. The van der Waals surface area contributed by atoms with Crippen LogP contribution in [0.25, 0.3) is 0 Å². The molecule has 5 heteroatoms. The van der Waals surface area contributed by atoms with Gasteiger partial charge in [-0.2, -0.15) is 0 Å². The van der Waals surface area contributed by atoms with Crippen molar-refractivity contribution < 1.29 is 14.6 Å². The van der Waals surface area contributed by atoms with Crippen molar-refractivity contribution in [2.75, 3.05) is 32.9 Å². The molecule has 0 amide bonds. The van der Waals surface area contributed by atoms with E-state index in [9.17, 15) is 5.11 Å². The second-order valence-corrected chi connectivity index (χ2v) is 5.85. The van der Waals surface area contributed by atoms with Gasteiger partial charge in [-0.1, -0.05) is 25.4 Å². The zero-order chi connectivity index (χ0) is 15.5. The van der Waals surface area contributed by atoms with Crippen molar-refractivity contribution in [3.8, 4) is 5.75 Å². The predicted molar refractivity (Wildman–Crippen MR) is 86.1 cm³/mol. The van der Waals surface area contributed by atoms with Crippen LogP contribution in [0.1, 0.15) is 20.3 Å². The summed E-state index contributed by atoms with van der Waals surface area (Å²) >= 11 is 5.79. The number of halogens is 1. The molecule has 0 spiro atoms. The zero-order valence-electron chi connectivity index (χ0n) is 12.8. The molecule has 1 rings (SSSR count). The fourth-order valence-corrected chi connectivity index (χ4v) is 1.74. The average molecular weight is 316 g/mol. The smallest absolute Gasteiger partial charge is 0.119 e. The van der Waals surface area contributed by atoms with Crippen LogP contribution in [0.3, 0.4) is 0 Å². The highest BCUT2D eigenvalue weighted by molar-refractivity contribution is 6.30. The first-order valence-corrected chi connectivity index (χ1v) is 7.80. The molecule has 0 aliphatic heterocycles. The van der Waals surface area contributed by atoms with Crippen LogP contribution in [0.4, 0.5) is 0 Å². The van der Waals surface area contributed by atoms with Crippen LogP contribution in [-0.2, 0) is 4.74 Å². The van der Waals surface area contributed by atoms with Crippen LogP contribution >= 0.6 is 11.6 Å². The monoisotopic (exact) mass is 315 g/mol. The number of aliphatic hydroxyl groups is 1. The molecule has 0 saturated heterocycles. The molecule has 0 fully saturated rings. The molecule has 0 saturated carbocycles. The molecule has 2 N–H and O–H groups in total. The number of ether oxygens (including phenoxy) is 2. The number of rotatable bonds is 11. The largest absolute Gasteiger partial charge is 0.491 e. The lowest BCUT2D eigenvalue weighted by atomic mass is 10.1. The fraction of sp³-hybridized carbons (Fsp3) is 0.625. The molecule has 0 aliphatic carbocycles. The Bertz CT molecular complexity index is 370. The Hall–Kier alpha value is -0.810. The van der Waals surface area contributed by atoms with Crippen LogP contribution in [0.15, 0.2) is 24.3 Å². The van der Waals surface area contributed by atoms with Gasteiger partial charge in [-0.05, 0) is 36.6 Å². The summed E-state index contributed by atoms with van der Waals surface area (Å²) in [7, 11) is 0. The fourth-order valence-electron chi connectivity index (χ4n) is 1.62. The van der Waals surface area contributed by atoms with Gasteiger partial charge < -0.3 is 19.9 Å². The second kappa shape index (κ2) is 10.9. The molecule has 1 aromatic rings. The number of benzene rings is 1. The van der Waals surface area contributed by atoms with Gasteiger partial charge in [-0.25, -0.2) is 0 Å². The summed E-state index contributed by atoms with van der Waals surface area (Å²) in [6.45, 7) is 7.29. The third kappa shape index (κ3) is 9.69. The maximum absolute atomic E-state index is 9.79. The van der Waals surface area contributed by atoms with Crippen LogP contribution in [-0.4, -0.2) is 44.1 Å². The summed E-state index contributed by atoms with van der Waals surface area (Å²) in [6, 6.07) is 7.09. The van der Waals surface area contributed by atoms with Crippen molar-refractivity contribution in [3.63, 3.8) is 0 Å². The van der Waals surface area contributed by atoms with Crippen molar-refractivity contribution in [1.82, 2.24) is 5.32 Å². The van der Waals surface area contributed by atoms with E-state index in [2.05, 4.69) is 19.2 Å². The molecule has 21 heavy (non-hydrogen) atoms. The van der Waals surface area contributed by atoms with E-state index >= 15 is 0 Å². The molecular weight excluding hydrogens is 290 g/mol. The van der Waals surface area contributed by atoms with E-state index in [0.29, 0.717) is 29.8 Å². The number of hydrogen-bond acceptors (Lipinski definition) is 4. The lowest BCUT2D eigenvalue weighted by Gasteiger charge is -2.13. The minimum Gasteiger partial charge on any atom is -0.491 e. The van der Waals surface area contributed by atoms with Crippen molar-refractivity contribution in [2.45, 2.75) is 26.4 Å². The Morgan fingerprint density at radius 1 is 1.19 bits per heavy atom. The summed E-state index contributed by atoms with van der Waals surface area (Å²) in [4.78, 5) is 0. The highest BCUT2D eigenvalue weighted by atomic mass is 35.5. The quantitative estimate of drug-likeness (QED) is 0.617. The van der Waals surface area contributed by atoms with E-state index < -0.39 is 6.10 Å². The Morgan fingerprint density at radius 3 is 2.57 bits per heavy atom. The van der Waals surface area contributed by atoms with Crippen LogP contribution in [0.2, 0.25) is 5.02 Å². The van der Waals surface area contributed by atoms with Crippen molar-refractivity contribution in [3.05, 3.63) is 29.3 Å². The van der Waals surface area contributed by atoms with Gasteiger partial charge in [-0.3, -0.25) is 0 Å². The van der Waals surface area contributed by atoms with Gasteiger partial charge in [0.1, 0.15) is 18.5 Å². The Balaban J connectivity index is 1.98. The number of hydrogen-bond donors (Lipinski definition) is 2. The zero-order valence-corrected chi connectivity index (χ0v) is 13.6. The molecule has 0 heterocycles. The molecule has 1 aromatic carbocycles. The van der Waals surface area contributed by atoms with Crippen molar-refractivity contribution in [2.24, 2.45) is 5.92 Å². The first kappa shape index (κ1) is 18.2. The maximum atomic E-state index is 9.79. The summed E-state index contributed by atoms with van der Waals surface area (Å²) in [5.41, 5.74) is 0.